The molecule has 1 saturated carbocycles. The van der Waals surface area contributed by atoms with Gasteiger partial charge in [0.1, 0.15) is 5.76 Å². The Morgan fingerprint density at radius 1 is 1.61 bits per heavy atom. The number of hydrogen-bond acceptors (Lipinski definition) is 5. The maximum absolute atomic E-state index is 11.4. The Labute approximate surface area is 103 Å². The van der Waals surface area contributed by atoms with E-state index in [1.807, 2.05) is 0 Å². The third-order valence-electron chi connectivity index (χ3n) is 2.89. The molecule has 1 fully saturated rings. The molecule has 0 aliphatic heterocycles. The van der Waals surface area contributed by atoms with Gasteiger partial charge >= 0.3 is 5.97 Å². The molecule has 0 unspecified atom stereocenters. The highest BCUT2D eigenvalue weighted by Gasteiger charge is 2.50. The normalized spacial score (nSPS) is 16.1. The second-order valence-corrected chi connectivity index (χ2v) is 4.43. The maximum Gasteiger partial charge on any atom is 0.311 e. The summed E-state index contributed by atoms with van der Waals surface area (Å²) in [5.41, 5.74) is -0.764. The smallest absolute Gasteiger partial charge is 0.311 e. The van der Waals surface area contributed by atoms with E-state index in [1.54, 1.807) is 13.0 Å². The number of nitrogens with zero attached hydrogens (tertiary/aromatic N) is 1. The Morgan fingerprint density at radius 2 is 2.33 bits per heavy atom. The first kappa shape index (κ1) is 12.4. The minimum Gasteiger partial charge on any atom is -0.481 e. The molecule has 1 aliphatic carbocycles. The van der Waals surface area contributed by atoms with Gasteiger partial charge in [0.25, 0.3) is 11.8 Å². The van der Waals surface area contributed by atoms with Crippen molar-refractivity contribution in [2.24, 2.45) is 5.41 Å². The highest BCUT2D eigenvalue weighted by atomic mass is 16.5. The first-order valence-electron chi connectivity index (χ1n) is 5.58. The number of nitrogens with one attached hydrogen (secondary N) is 1. The van der Waals surface area contributed by atoms with E-state index < -0.39 is 11.4 Å². The summed E-state index contributed by atoms with van der Waals surface area (Å²) < 4.78 is 9.84. The van der Waals surface area contributed by atoms with Crippen molar-refractivity contribution in [3.63, 3.8) is 0 Å². The largest absolute Gasteiger partial charge is 0.481 e. The van der Waals surface area contributed by atoms with Crippen LogP contribution < -0.4 is 10.1 Å². The van der Waals surface area contributed by atoms with Gasteiger partial charge in [-0.1, -0.05) is 0 Å². The molecule has 0 saturated heterocycles. The lowest BCUT2D eigenvalue weighted by Crippen LogP contribution is -2.36. The van der Waals surface area contributed by atoms with E-state index >= 15 is 0 Å². The van der Waals surface area contributed by atoms with Crippen LogP contribution in [0, 0.1) is 12.3 Å². The summed E-state index contributed by atoms with van der Waals surface area (Å²) >= 11 is 0. The Balaban J connectivity index is 1.71. The second kappa shape index (κ2) is 4.67. The van der Waals surface area contributed by atoms with Crippen molar-refractivity contribution < 1.29 is 24.0 Å². The quantitative estimate of drug-likeness (QED) is 0.759. The molecule has 2 N–H and O–H groups in total. The summed E-state index contributed by atoms with van der Waals surface area (Å²) in [4.78, 5) is 22.3. The van der Waals surface area contributed by atoms with Gasteiger partial charge in [-0.25, -0.2) is 0 Å². The van der Waals surface area contributed by atoms with Crippen LogP contribution in [0.4, 0.5) is 0 Å². The number of carbonyl (C=O) groups is 2. The van der Waals surface area contributed by atoms with Crippen molar-refractivity contribution in [2.45, 2.75) is 19.8 Å². The lowest BCUT2D eigenvalue weighted by Gasteiger charge is -2.10. The molecule has 1 heterocycles. The first-order valence-corrected chi connectivity index (χ1v) is 5.58. The topological polar surface area (TPSA) is 102 Å². The molecular formula is C11H14N2O5. The highest BCUT2D eigenvalue weighted by molar-refractivity contribution is 5.81. The first-order chi connectivity index (χ1) is 8.52. The average Bonchev–Trinajstić information content (AvgIpc) is 3.02. The highest BCUT2D eigenvalue weighted by Crippen LogP contribution is 2.45. The molecule has 18 heavy (non-hydrogen) atoms. The third kappa shape index (κ3) is 2.79. The number of hydrogen-bond donors (Lipinski definition) is 2. The van der Waals surface area contributed by atoms with Crippen LogP contribution in [0.15, 0.2) is 10.6 Å². The lowest BCUT2D eigenvalue weighted by atomic mass is 10.1. The summed E-state index contributed by atoms with van der Waals surface area (Å²) in [6, 6.07) is 1.56. The lowest BCUT2D eigenvalue weighted by molar-refractivity contribution is -0.143. The average molecular weight is 254 g/mol. The van der Waals surface area contributed by atoms with Crippen molar-refractivity contribution in [1.29, 1.82) is 0 Å². The summed E-state index contributed by atoms with van der Waals surface area (Å²) in [7, 11) is 0. The zero-order valence-electron chi connectivity index (χ0n) is 9.93. The summed E-state index contributed by atoms with van der Waals surface area (Å²) in [5.74, 6) is -0.408. The number of carbonyl (C=O) groups excluding carboxylic acids is 1. The predicted octanol–water partition coefficient (Wildman–Crippen LogP) is 0.343. The zero-order valence-corrected chi connectivity index (χ0v) is 9.93. The minimum absolute atomic E-state index is 0.141. The van der Waals surface area contributed by atoms with Crippen molar-refractivity contribution in [1.82, 2.24) is 10.5 Å². The molecule has 0 radical (unpaired) electrons. The SMILES string of the molecule is Cc1cc(OCC(=O)NCC2(C(=O)O)CC2)no1. The number of aromatic nitrogens is 1. The number of ether oxygens (including phenoxy) is 1. The number of carboxylic acids is 1. The van der Waals surface area contributed by atoms with E-state index in [-0.39, 0.29) is 24.9 Å². The minimum atomic E-state index is -0.865. The van der Waals surface area contributed by atoms with Crippen LogP contribution >= 0.6 is 0 Å². The summed E-state index contributed by atoms with van der Waals surface area (Å²) in [6.45, 7) is 1.65. The molecule has 7 nitrogen and oxygen atoms in total. The summed E-state index contributed by atoms with van der Waals surface area (Å²) in [6.07, 6.45) is 1.21. The number of aryl methyl sites for hydroxylation is 1. The molecule has 2 rings (SSSR count). The van der Waals surface area contributed by atoms with Gasteiger partial charge in [-0.3, -0.25) is 9.59 Å². The van der Waals surface area contributed by atoms with Gasteiger partial charge in [0, 0.05) is 12.6 Å². The number of carboxylic acid groups (broad SMARTS) is 1. The second-order valence-electron chi connectivity index (χ2n) is 4.43. The van der Waals surface area contributed by atoms with Gasteiger partial charge < -0.3 is 19.7 Å². The van der Waals surface area contributed by atoms with E-state index in [4.69, 9.17) is 14.4 Å². The Kier molecular flexibility index (Phi) is 3.22. The van der Waals surface area contributed by atoms with E-state index in [2.05, 4.69) is 10.5 Å². The van der Waals surface area contributed by atoms with E-state index in [0.717, 1.165) is 0 Å². The number of rotatable bonds is 6. The van der Waals surface area contributed by atoms with Gasteiger partial charge in [-0.15, -0.1) is 0 Å². The van der Waals surface area contributed by atoms with Crippen molar-refractivity contribution in [3.8, 4) is 5.88 Å². The molecule has 0 bridgehead atoms. The van der Waals surface area contributed by atoms with Crippen LogP contribution in [0.1, 0.15) is 18.6 Å². The van der Waals surface area contributed by atoms with E-state index in [9.17, 15) is 9.59 Å². The fourth-order valence-electron chi connectivity index (χ4n) is 1.49. The zero-order chi connectivity index (χ0) is 13.2. The van der Waals surface area contributed by atoms with Crippen LogP contribution in [0.5, 0.6) is 5.88 Å². The van der Waals surface area contributed by atoms with Crippen LogP contribution in [-0.4, -0.2) is 35.3 Å². The van der Waals surface area contributed by atoms with E-state index in [1.165, 1.54) is 0 Å². The Bertz CT molecular complexity index is 464. The molecule has 1 aromatic rings. The van der Waals surface area contributed by atoms with Crippen LogP contribution in [0.2, 0.25) is 0 Å². The Morgan fingerprint density at radius 3 is 2.83 bits per heavy atom. The number of aliphatic carboxylic acids is 1. The van der Waals surface area contributed by atoms with Crippen LogP contribution in [0.25, 0.3) is 0 Å². The molecule has 1 aromatic heterocycles. The monoisotopic (exact) mass is 254 g/mol. The standard InChI is InChI=1S/C11H14N2O5/c1-7-4-9(13-18-7)17-5-8(14)12-6-11(2-3-11)10(15)16/h4H,2-3,5-6H2,1H3,(H,12,14)(H,15,16). The van der Waals surface area contributed by atoms with Crippen LogP contribution in [0.3, 0.4) is 0 Å². The molecule has 1 aliphatic rings. The van der Waals surface area contributed by atoms with Gasteiger partial charge in [0.05, 0.1) is 5.41 Å². The molecule has 0 atom stereocenters. The van der Waals surface area contributed by atoms with E-state index in [0.29, 0.717) is 18.6 Å². The van der Waals surface area contributed by atoms with Crippen molar-refractivity contribution in [3.05, 3.63) is 11.8 Å². The fourth-order valence-corrected chi connectivity index (χ4v) is 1.49. The molecule has 7 heteroatoms. The Hall–Kier alpha value is -2.05. The molecule has 0 spiro atoms. The summed E-state index contributed by atoms with van der Waals surface area (Å²) in [5, 5.41) is 15.0. The fraction of sp³-hybridized carbons (Fsp3) is 0.545. The third-order valence-corrected chi connectivity index (χ3v) is 2.89. The van der Waals surface area contributed by atoms with Crippen molar-refractivity contribution >= 4 is 11.9 Å². The van der Waals surface area contributed by atoms with Gasteiger partial charge in [-0.2, -0.15) is 0 Å². The van der Waals surface area contributed by atoms with Gasteiger partial charge in [-0.05, 0) is 24.9 Å². The van der Waals surface area contributed by atoms with Crippen molar-refractivity contribution in [2.75, 3.05) is 13.2 Å². The number of amides is 1. The molecule has 0 aromatic carbocycles. The van der Waals surface area contributed by atoms with Crippen LogP contribution in [-0.2, 0) is 9.59 Å². The molecule has 98 valence electrons. The van der Waals surface area contributed by atoms with Gasteiger partial charge in [0.2, 0.25) is 0 Å². The van der Waals surface area contributed by atoms with Gasteiger partial charge in [0.15, 0.2) is 6.61 Å². The maximum atomic E-state index is 11.4. The predicted molar refractivity (Wildman–Crippen MR) is 59.0 cm³/mol. The molecular weight excluding hydrogens is 240 g/mol. The molecule has 1 amide bonds.